The number of likely N-dealkylation sites (tertiary alicyclic amines) is 1. The highest BCUT2D eigenvalue weighted by atomic mass is 35.5. The van der Waals surface area contributed by atoms with Crippen LogP contribution in [-0.2, 0) is 10.5 Å². The number of benzene rings is 1. The molecule has 9 heteroatoms. The Bertz CT molecular complexity index is 729. The van der Waals surface area contributed by atoms with Gasteiger partial charge in [0.25, 0.3) is 0 Å². The first-order valence-electron chi connectivity index (χ1n) is 8.84. The third kappa shape index (κ3) is 3.83. The van der Waals surface area contributed by atoms with Crippen molar-refractivity contribution < 1.29 is 14.6 Å². The Balaban J connectivity index is 2.09. The number of piperidine rings is 1. The average molecular weight is 411 g/mol. The van der Waals surface area contributed by atoms with Crippen LogP contribution in [0.2, 0.25) is 5.02 Å². The number of hydrogen-bond acceptors (Lipinski definition) is 6. The maximum Gasteiger partial charge on any atom is 0.407 e. The first-order chi connectivity index (χ1) is 13.0. The normalized spacial score (nSPS) is 26.6. The van der Waals surface area contributed by atoms with Crippen LogP contribution in [0.5, 0.6) is 0 Å². The van der Waals surface area contributed by atoms with Gasteiger partial charge in [-0.1, -0.05) is 23.7 Å². The van der Waals surface area contributed by atoms with Gasteiger partial charge in [-0.2, -0.15) is 10.3 Å². The lowest BCUT2D eigenvalue weighted by atomic mass is 9.82. The van der Waals surface area contributed by atoms with Crippen LogP contribution in [0.15, 0.2) is 24.3 Å². The Morgan fingerprint density at radius 3 is 3.00 bits per heavy atom. The van der Waals surface area contributed by atoms with E-state index in [1.165, 1.54) is 4.90 Å². The lowest BCUT2D eigenvalue weighted by Crippen LogP contribution is -2.64. The molecule has 1 aromatic carbocycles. The van der Waals surface area contributed by atoms with Crippen molar-refractivity contribution in [3.8, 4) is 6.19 Å². The van der Waals surface area contributed by atoms with Gasteiger partial charge in [0.05, 0.1) is 12.5 Å². The van der Waals surface area contributed by atoms with Crippen LogP contribution >= 0.6 is 23.4 Å². The number of amides is 1. The Morgan fingerprint density at radius 2 is 2.33 bits per heavy atom. The lowest BCUT2D eigenvalue weighted by Gasteiger charge is -2.54. The number of nitrogens with zero attached hydrogens (tertiary/aromatic N) is 4. The van der Waals surface area contributed by atoms with Crippen molar-refractivity contribution in [2.24, 2.45) is 5.92 Å². The molecule has 146 valence electrons. The van der Waals surface area contributed by atoms with Crippen molar-refractivity contribution in [1.82, 2.24) is 14.9 Å². The topological polar surface area (TPSA) is 80.0 Å². The van der Waals surface area contributed by atoms with Crippen LogP contribution in [0, 0.1) is 17.4 Å². The molecule has 7 nitrogen and oxygen atoms in total. The molecule has 0 aromatic heterocycles. The fraction of sp³-hybridized carbons (Fsp3) is 0.556. The maximum absolute atomic E-state index is 11.6. The summed E-state index contributed by atoms with van der Waals surface area (Å²) in [5, 5.41) is 23.6. The second-order valence-electron chi connectivity index (χ2n) is 6.68. The minimum absolute atomic E-state index is 0.190. The zero-order chi connectivity index (χ0) is 19.4. The fourth-order valence-electron chi connectivity index (χ4n) is 4.00. The molecule has 2 aliphatic heterocycles. The standard InChI is InChI=1S/C18H23ClN4O3S/c1-27-13-22-8-9-26-18(23(22)12-20,14-4-2-6-16(19)10-14)15-5-3-7-21(11-15)17(24)25/h2,4,6,10,15H,3,5,7-9,11,13H2,1H3,(H,24,25)/t15?,18-/m0/s1. The van der Waals surface area contributed by atoms with Gasteiger partial charge >= 0.3 is 6.09 Å². The number of ether oxygens (including phenoxy) is 1. The zero-order valence-electron chi connectivity index (χ0n) is 15.2. The second kappa shape index (κ2) is 8.57. The minimum Gasteiger partial charge on any atom is -0.465 e. The summed E-state index contributed by atoms with van der Waals surface area (Å²) in [6.45, 7) is 1.87. The van der Waals surface area contributed by atoms with Gasteiger partial charge in [-0.05, 0) is 31.2 Å². The van der Waals surface area contributed by atoms with Gasteiger partial charge in [-0.3, -0.25) is 0 Å². The third-order valence-electron chi connectivity index (χ3n) is 5.13. The lowest BCUT2D eigenvalue weighted by molar-refractivity contribution is -0.285. The van der Waals surface area contributed by atoms with Gasteiger partial charge in [0.2, 0.25) is 0 Å². The number of hydrazine groups is 1. The van der Waals surface area contributed by atoms with E-state index in [2.05, 4.69) is 6.19 Å². The van der Waals surface area contributed by atoms with E-state index in [1.54, 1.807) is 22.8 Å². The predicted octanol–water partition coefficient (Wildman–Crippen LogP) is 3.23. The number of carbonyl (C=O) groups is 1. The molecule has 1 unspecified atom stereocenters. The van der Waals surface area contributed by atoms with Gasteiger partial charge in [-0.15, -0.1) is 11.8 Å². The van der Waals surface area contributed by atoms with Gasteiger partial charge in [0.15, 0.2) is 11.9 Å². The Labute approximate surface area is 168 Å². The summed E-state index contributed by atoms with van der Waals surface area (Å²) in [5.41, 5.74) is -0.290. The highest BCUT2D eigenvalue weighted by molar-refractivity contribution is 7.98. The van der Waals surface area contributed by atoms with E-state index in [-0.39, 0.29) is 5.92 Å². The molecular weight excluding hydrogens is 388 g/mol. The molecule has 2 aliphatic rings. The molecule has 0 spiro atoms. The number of nitriles is 1. The quantitative estimate of drug-likeness (QED) is 0.763. The summed E-state index contributed by atoms with van der Waals surface area (Å²) >= 11 is 7.88. The summed E-state index contributed by atoms with van der Waals surface area (Å²) in [6.07, 6.45) is 4.83. The van der Waals surface area contributed by atoms with Gasteiger partial charge in [-0.25, -0.2) is 9.80 Å². The summed E-state index contributed by atoms with van der Waals surface area (Å²) in [4.78, 5) is 13.0. The molecule has 2 fully saturated rings. The Morgan fingerprint density at radius 1 is 1.52 bits per heavy atom. The van der Waals surface area contributed by atoms with E-state index in [0.717, 1.165) is 18.4 Å². The fourth-order valence-corrected chi connectivity index (χ4v) is 4.73. The molecule has 0 saturated carbocycles. The molecule has 1 aromatic rings. The number of carboxylic acid groups (broad SMARTS) is 1. The van der Waals surface area contributed by atoms with Crippen LogP contribution in [-0.4, -0.2) is 64.5 Å². The first-order valence-corrected chi connectivity index (χ1v) is 10.6. The van der Waals surface area contributed by atoms with E-state index >= 15 is 0 Å². The van der Waals surface area contributed by atoms with Crippen molar-refractivity contribution in [2.45, 2.75) is 18.6 Å². The SMILES string of the molecule is CSCN1CCO[C@@](c2cccc(Cl)c2)(C2CCCN(C(=O)O)C2)N1C#N. The van der Waals surface area contributed by atoms with E-state index < -0.39 is 11.8 Å². The predicted molar refractivity (Wildman–Crippen MR) is 104 cm³/mol. The summed E-state index contributed by atoms with van der Waals surface area (Å²) in [7, 11) is 0. The van der Waals surface area contributed by atoms with E-state index in [0.29, 0.717) is 37.1 Å². The molecule has 0 bridgehead atoms. The van der Waals surface area contributed by atoms with Crippen LogP contribution in [0.25, 0.3) is 0 Å². The summed E-state index contributed by atoms with van der Waals surface area (Å²) in [6, 6.07) is 7.33. The zero-order valence-corrected chi connectivity index (χ0v) is 16.7. The van der Waals surface area contributed by atoms with Crippen molar-refractivity contribution in [1.29, 1.82) is 5.26 Å². The Hall–Kier alpha value is -1.66. The molecule has 0 radical (unpaired) electrons. The molecule has 2 heterocycles. The highest BCUT2D eigenvalue weighted by Gasteiger charge is 2.53. The highest BCUT2D eigenvalue weighted by Crippen LogP contribution is 2.45. The van der Waals surface area contributed by atoms with Crippen molar-refractivity contribution >= 4 is 29.5 Å². The van der Waals surface area contributed by atoms with Crippen molar-refractivity contribution in [3.63, 3.8) is 0 Å². The largest absolute Gasteiger partial charge is 0.465 e. The van der Waals surface area contributed by atoms with E-state index in [4.69, 9.17) is 16.3 Å². The van der Waals surface area contributed by atoms with Crippen LogP contribution < -0.4 is 0 Å². The third-order valence-corrected chi connectivity index (χ3v) is 5.92. The number of hydrogen-bond donors (Lipinski definition) is 1. The molecular formula is C18H23ClN4O3S. The summed E-state index contributed by atoms with van der Waals surface area (Å²) < 4.78 is 6.33. The summed E-state index contributed by atoms with van der Waals surface area (Å²) in [5.74, 6) is 0.458. The van der Waals surface area contributed by atoms with Gasteiger partial charge in [0.1, 0.15) is 0 Å². The molecule has 0 aliphatic carbocycles. The number of thioether (sulfide) groups is 1. The minimum atomic E-state index is -1.07. The second-order valence-corrected chi connectivity index (χ2v) is 7.95. The molecule has 1 N–H and O–H groups in total. The van der Waals surface area contributed by atoms with Gasteiger partial charge < -0.3 is 14.7 Å². The van der Waals surface area contributed by atoms with Crippen LogP contribution in [0.4, 0.5) is 4.79 Å². The molecule has 1 amide bonds. The average Bonchev–Trinajstić information content (AvgIpc) is 2.68. The molecule has 27 heavy (non-hydrogen) atoms. The molecule has 2 saturated heterocycles. The van der Waals surface area contributed by atoms with Crippen LogP contribution in [0.3, 0.4) is 0 Å². The number of halogens is 1. The van der Waals surface area contributed by atoms with Crippen molar-refractivity contribution in [3.05, 3.63) is 34.9 Å². The van der Waals surface area contributed by atoms with E-state index in [9.17, 15) is 15.2 Å². The first kappa shape index (κ1) is 20.1. The molecule has 2 atom stereocenters. The smallest absolute Gasteiger partial charge is 0.407 e. The van der Waals surface area contributed by atoms with Crippen molar-refractivity contribution in [2.75, 3.05) is 38.4 Å². The maximum atomic E-state index is 11.6. The Kier molecular flexibility index (Phi) is 6.37. The molecule has 3 rings (SSSR count). The monoisotopic (exact) mass is 410 g/mol. The van der Waals surface area contributed by atoms with Gasteiger partial charge in [0, 0.05) is 36.1 Å². The number of rotatable bonds is 4. The van der Waals surface area contributed by atoms with Crippen LogP contribution in [0.1, 0.15) is 18.4 Å². The van der Waals surface area contributed by atoms with E-state index in [1.807, 2.05) is 29.5 Å².